The summed E-state index contributed by atoms with van der Waals surface area (Å²) < 4.78 is 10.4. The Morgan fingerprint density at radius 2 is 0.879 bits per heavy atom. The molecule has 0 aliphatic carbocycles. The van der Waals surface area contributed by atoms with E-state index in [1.165, 1.54) is 0 Å². The van der Waals surface area contributed by atoms with Crippen molar-refractivity contribution in [2.45, 2.75) is 0 Å². The van der Waals surface area contributed by atoms with E-state index in [1.54, 1.807) is 14.2 Å². The summed E-state index contributed by atoms with van der Waals surface area (Å²) in [6.07, 6.45) is 0. The van der Waals surface area contributed by atoms with E-state index in [4.69, 9.17) is 9.47 Å². The van der Waals surface area contributed by atoms with Crippen molar-refractivity contribution in [2.75, 3.05) is 19.5 Å². The summed E-state index contributed by atoms with van der Waals surface area (Å²) in [6.45, 7) is 0. The number of nitrogens with one attached hydrogen (secondary N) is 1. The van der Waals surface area contributed by atoms with E-state index in [0.717, 1.165) is 45.1 Å². The standard InChI is InChI=1S/C30H23NO2/c1-32-27-19-13-23(14-20-27)11-17-25-7-3-5-9-29(25)31-30-10-6-4-8-26(30)18-12-24-15-21-28(33-2)22-16-24/h3-10,13-16,19-22,31H,1-2H3. The van der Waals surface area contributed by atoms with Gasteiger partial charge in [-0.25, -0.2) is 0 Å². The third-order valence-corrected chi connectivity index (χ3v) is 4.99. The summed E-state index contributed by atoms with van der Waals surface area (Å²) >= 11 is 0. The van der Waals surface area contributed by atoms with Crippen LogP contribution in [0.2, 0.25) is 0 Å². The molecule has 0 radical (unpaired) electrons. The molecule has 4 aromatic carbocycles. The minimum atomic E-state index is 0.815. The average Bonchev–Trinajstić information content (AvgIpc) is 2.88. The van der Waals surface area contributed by atoms with E-state index in [2.05, 4.69) is 29.0 Å². The quantitative estimate of drug-likeness (QED) is 0.389. The van der Waals surface area contributed by atoms with Crippen molar-refractivity contribution in [3.63, 3.8) is 0 Å². The molecule has 0 atom stereocenters. The van der Waals surface area contributed by atoms with Crippen LogP contribution >= 0.6 is 0 Å². The van der Waals surface area contributed by atoms with Crippen molar-refractivity contribution in [2.24, 2.45) is 0 Å². The monoisotopic (exact) mass is 429 g/mol. The zero-order valence-corrected chi connectivity index (χ0v) is 18.6. The van der Waals surface area contributed by atoms with Crippen LogP contribution in [0.1, 0.15) is 22.3 Å². The predicted octanol–water partition coefficient (Wildman–Crippen LogP) is 6.25. The highest BCUT2D eigenvalue weighted by atomic mass is 16.5. The van der Waals surface area contributed by atoms with Crippen molar-refractivity contribution in [3.05, 3.63) is 119 Å². The number of methoxy groups -OCH3 is 2. The molecule has 1 N–H and O–H groups in total. The van der Waals surface area contributed by atoms with Crippen LogP contribution in [-0.2, 0) is 0 Å². The van der Waals surface area contributed by atoms with Crippen LogP contribution in [0.15, 0.2) is 97.1 Å². The maximum Gasteiger partial charge on any atom is 0.118 e. The van der Waals surface area contributed by atoms with Gasteiger partial charge in [-0.05, 0) is 72.8 Å². The van der Waals surface area contributed by atoms with Crippen LogP contribution in [0.5, 0.6) is 11.5 Å². The van der Waals surface area contributed by atoms with Crippen LogP contribution in [0.3, 0.4) is 0 Å². The lowest BCUT2D eigenvalue weighted by Gasteiger charge is -2.10. The maximum atomic E-state index is 5.21. The summed E-state index contributed by atoms with van der Waals surface area (Å²) in [5.41, 5.74) is 5.53. The molecule has 0 aromatic heterocycles. The van der Waals surface area contributed by atoms with Crippen molar-refractivity contribution in [3.8, 4) is 35.2 Å². The highest BCUT2D eigenvalue weighted by Gasteiger charge is 2.03. The number of para-hydroxylation sites is 2. The Kier molecular flexibility index (Phi) is 6.96. The zero-order valence-electron chi connectivity index (χ0n) is 18.6. The van der Waals surface area contributed by atoms with Gasteiger partial charge >= 0.3 is 0 Å². The van der Waals surface area contributed by atoms with E-state index in [1.807, 2.05) is 97.1 Å². The number of rotatable bonds is 4. The van der Waals surface area contributed by atoms with E-state index < -0.39 is 0 Å². The average molecular weight is 430 g/mol. The Morgan fingerprint density at radius 3 is 1.27 bits per heavy atom. The Bertz CT molecular complexity index is 1240. The van der Waals surface area contributed by atoms with Gasteiger partial charge in [0.2, 0.25) is 0 Å². The van der Waals surface area contributed by atoms with E-state index in [0.29, 0.717) is 0 Å². The molecular formula is C30H23NO2. The molecule has 3 nitrogen and oxygen atoms in total. The Labute approximate surface area is 195 Å². The molecule has 4 aromatic rings. The minimum Gasteiger partial charge on any atom is -0.497 e. The highest BCUT2D eigenvalue weighted by molar-refractivity contribution is 5.72. The van der Waals surface area contributed by atoms with Crippen molar-refractivity contribution >= 4 is 11.4 Å². The largest absolute Gasteiger partial charge is 0.497 e. The number of ether oxygens (including phenoxy) is 2. The number of hydrogen-bond acceptors (Lipinski definition) is 3. The van der Waals surface area contributed by atoms with Crippen LogP contribution in [0.4, 0.5) is 11.4 Å². The number of hydrogen-bond donors (Lipinski definition) is 1. The van der Waals surface area contributed by atoms with Gasteiger partial charge in [0.05, 0.1) is 25.6 Å². The second-order valence-electron chi connectivity index (χ2n) is 7.17. The van der Waals surface area contributed by atoms with Gasteiger partial charge in [0, 0.05) is 22.3 Å². The molecule has 0 bridgehead atoms. The first kappa shape index (κ1) is 21.6. The third-order valence-electron chi connectivity index (χ3n) is 4.99. The van der Waals surface area contributed by atoms with E-state index in [9.17, 15) is 0 Å². The van der Waals surface area contributed by atoms with Gasteiger partial charge in [0.1, 0.15) is 11.5 Å². The molecular weight excluding hydrogens is 406 g/mol. The summed E-state index contributed by atoms with van der Waals surface area (Å²) in [4.78, 5) is 0. The number of benzene rings is 4. The Morgan fingerprint density at radius 1 is 0.485 bits per heavy atom. The molecule has 0 fully saturated rings. The maximum absolute atomic E-state index is 5.21. The van der Waals surface area contributed by atoms with Crippen LogP contribution < -0.4 is 14.8 Å². The smallest absolute Gasteiger partial charge is 0.118 e. The number of anilines is 2. The minimum absolute atomic E-state index is 0.815. The molecule has 160 valence electrons. The second-order valence-corrected chi connectivity index (χ2v) is 7.17. The second kappa shape index (κ2) is 10.6. The fourth-order valence-corrected chi connectivity index (χ4v) is 3.18. The zero-order chi connectivity index (χ0) is 22.9. The molecule has 0 saturated carbocycles. The van der Waals surface area contributed by atoms with Crippen LogP contribution in [-0.4, -0.2) is 14.2 Å². The first-order chi connectivity index (χ1) is 16.2. The Balaban J connectivity index is 1.58. The van der Waals surface area contributed by atoms with Crippen molar-refractivity contribution < 1.29 is 9.47 Å². The molecule has 0 spiro atoms. The van der Waals surface area contributed by atoms with E-state index in [-0.39, 0.29) is 0 Å². The lowest BCUT2D eigenvalue weighted by Crippen LogP contribution is -1.96. The Hall–Kier alpha value is -4.60. The predicted molar refractivity (Wildman–Crippen MR) is 134 cm³/mol. The van der Waals surface area contributed by atoms with Crippen molar-refractivity contribution in [1.82, 2.24) is 0 Å². The van der Waals surface area contributed by atoms with Crippen molar-refractivity contribution in [1.29, 1.82) is 0 Å². The molecule has 0 saturated heterocycles. The van der Waals surface area contributed by atoms with Gasteiger partial charge in [0.25, 0.3) is 0 Å². The van der Waals surface area contributed by atoms with Gasteiger partial charge in [-0.3, -0.25) is 0 Å². The lowest BCUT2D eigenvalue weighted by molar-refractivity contribution is 0.414. The van der Waals surface area contributed by atoms with Gasteiger partial charge in [-0.15, -0.1) is 0 Å². The molecule has 0 unspecified atom stereocenters. The first-order valence-corrected chi connectivity index (χ1v) is 10.5. The molecule has 3 heteroatoms. The molecule has 0 heterocycles. The summed E-state index contributed by atoms with van der Waals surface area (Å²) in [6, 6.07) is 31.4. The normalized spacial score (nSPS) is 9.64. The molecule has 0 aliphatic heterocycles. The summed E-state index contributed by atoms with van der Waals surface area (Å²) in [7, 11) is 3.31. The molecule has 33 heavy (non-hydrogen) atoms. The fraction of sp³-hybridized carbons (Fsp3) is 0.0667. The fourth-order valence-electron chi connectivity index (χ4n) is 3.18. The lowest BCUT2D eigenvalue weighted by atomic mass is 10.1. The molecule has 4 rings (SSSR count). The third kappa shape index (κ3) is 5.76. The SMILES string of the molecule is COc1ccc(C#Cc2ccccc2Nc2ccccc2C#Cc2ccc(OC)cc2)cc1. The first-order valence-electron chi connectivity index (χ1n) is 10.5. The van der Waals surface area contributed by atoms with Gasteiger partial charge in [0.15, 0.2) is 0 Å². The highest BCUT2D eigenvalue weighted by Crippen LogP contribution is 2.23. The molecule has 0 aliphatic rings. The molecule has 0 amide bonds. The van der Waals surface area contributed by atoms with Crippen LogP contribution in [0, 0.1) is 23.7 Å². The summed E-state index contributed by atoms with van der Waals surface area (Å²) in [5, 5.41) is 3.51. The summed E-state index contributed by atoms with van der Waals surface area (Å²) in [5.74, 6) is 14.6. The van der Waals surface area contributed by atoms with Gasteiger partial charge in [-0.2, -0.15) is 0 Å². The van der Waals surface area contributed by atoms with Gasteiger partial charge < -0.3 is 14.8 Å². The topological polar surface area (TPSA) is 30.5 Å². The van der Waals surface area contributed by atoms with E-state index >= 15 is 0 Å². The van der Waals surface area contributed by atoms with Gasteiger partial charge in [-0.1, -0.05) is 47.9 Å². The van der Waals surface area contributed by atoms with Crippen LogP contribution in [0.25, 0.3) is 0 Å².